The molecule has 1 atom stereocenters. The first-order valence-electron chi connectivity index (χ1n) is 44.9. The highest BCUT2D eigenvalue weighted by Crippen LogP contribution is 2.87. The van der Waals surface area contributed by atoms with Gasteiger partial charge in [-0.3, -0.25) is 4.90 Å². The van der Waals surface area contributed by atoms with E-state index >= 15 is 0 Å². The maximum Gasteiger partial charge on any atom is 0.119 e. The minimum absolute atomic E-state index is 0.0479. The first kappa shape index (κ1) is 56.3. The second kappa shape index (κ2) is 16.1. The van der Waals surface area contributed by atoms with Crippen LogP contribution in [0.4, 0.5) is 0 Å². The molecule has 43 rings (SSSR count). The van der Waals surface area contributed by atoms with E-state index in [1.807, 2.05) is 0 Å². The molecule has 3 aliphatic heterocycles. The molecule has 7 heteroatoms. The molecule has 1 saturated heterocycles. The SMILES string of the molecule is CN1CC23c4c5c6c7c8c9c(c%10c%11c2c2c4c4c%12c5c5c6c6c8c8c%13c9c9c%10c%10c%11c%11c2c2c4c4c%12c%12c5c5c6c8c6c8c%13c9c9c%10c%10c%11c2c2c4c4c%12c5c6c5c8c9c%10c2c45)C73C1c1ccc(OCCCCOc2ccc(-c3c4nc(c(-c5ccccc5)c5ccc([nH]5)c(-c5ccccc5)c5nc(c(-c6ccccc6)c6ccc3[nH]6)C=C5)C=C4)cc2)cc1. The number of fused-ring (bicyclic) bond motifs is 8. The van der Waals surface area contributed by atoms with Crippen LogP contribution in [0.25, 0.3) is 382 Å². The number of rotatable bonds is 12. The molecule has 7 aliphatic rings. The minimum Gasteiger partial charge on any atom is -0.494 e. The second-order valence-corrected chi connectivity index (χ2v) is 39.9. The summed E-state index contributed by atoms with van der Waals surface area (Å²) in [6, 6.07) is 59.1. The molecule has 1 unspecified atom stereocenters. The van der Waals surface area contributed by atoms with Crippen LogP contribution in [0.3, 0.4) is 0 Å². The van der Waals surface area contributed by atoms with Gasteiger partial charge in [-0.25, -0.2) is 9.97 Å². The van der Waals surface area contributed by atoms with Gasteiger partial charge in [0.2, 0.25) is 0 Å². The monoisotopic (exact) mass is 1550 g/mol. The van der Waals surface area contributed by atoms with Crippen LogP contribution in [0.1, 0.15) is 69.5 Å². The Hall–Kier alpha value is -15.3. The number of hydrogen-bond acceptors (Lipinski definition) is 5. The lowest BCUT2D eigenvalue weighted by molar-refractivity contribution is 0.264. The van der Waals surface area contributed by atoms with Gasteiger partial charge in [-0.15, -0.1) is 0 Å². The number of H-pyrrole nitrogens is 2. The number of nitrogens with zero attached hydrogens (tertiary/aromatic N) is 3. The molecular formula is C117H47N5O2. The molecule has 6 heterocycles. The average Bonchev–Trinajstić information content (AvgIpc) is 1.38. The molecule has 0 radical (unpaired) electrons. The Morgan fingerprint density at radius 3 is 0.750 bits per heavy atom. The Morgan fingerprint density at radius 2 is 0.492 bits per heavy atom. The Bertz CT molecular complexity index is 11000. The van der Waals surface area contributed by atoms with Crippen molar-refractivity contribution >= 4 is 337 Å². The number of aromatic nitrogens is 4. The standard InChI is InChI=1S/C117H47N5O2/c1-122-37-116-111-103-95-85-75-67-59-57-58-61-65-63(59)71-79-73(65)83-77-69(61)70-62(58)66-64-60(57)68(67)76-82-72(64)80-74(66)84-78(70)88-87(77)99-93(83)101-91(79)97(89(95)81(71)75)105(111)107(101)113-109(99)110-100(88)94(84)102-92(80)98-90(82)96(86(76)85)104(103)112(116)106(98)108(102)114(110)117(113,116)115(122)42-21-25-44(26-22-42)124-36-12-11-35-123-43-23-19-41(20-24-43)56-51-33-31-49(120-51)54(39-15-7-3-8-16-39)47-29-27-45(118-47)53(38-13-5-2-6-14-38)46-28-30-48(119-46)55(40-17-9-4-10-18-40)50-32-34-52(56)121-50/h2-10,13-34,115,118,121H,11-12,35-37H2,1H3. The molecule has 0 saturated carbocycles. The Morgan fingerprint density at radius 1 is 0.266 bits per heavy atom. The minimum atomic E-state index is -0.425. The summed E-state index contributed by atoms with van der Waals surface area (Å²) >= 11 is 0. The van der Waals surface area contributed by atoms with Gasteiger partial charge in [0.15, 0.2) is 0 Å². The van der Waals surface area contributed by atoms with Crippen LogP contribution in [-0.4, -0.2) is 51.6 Å². The summed E-state index contributed by atoms with van der Waals surface area (Å²) in [6.07, 6.45) is 10.4. The van der Waals surface area contributed by atoms with Crippen molar-refractivity contribution in [2.24, 2.45) is 0 Å². The van der Waals surface area contributed by atoms with Crippen LogP contribution in [0.15, 0.2) is 164 Å². The molecule has 1 fully saturated rings. The number of unbranched alkanes of at least 4 members (excludes halogenated alkanes) is 1. The zero-order chi connectivity index (χ0) is 77.3. The van der Waals surface area contributed by atoms with Crippen molar-refractivity contribution in [1.29, 1.82) is 0 Å². The molecule has 8 bridgehead atoms. The molecule has 552 valence electrons. The van der Waals surface area contributed by atoms with Gasteiger partial charge in [-0.2, -0.15) is 0 Å². The van der Waals surface area contributed by atoms with E-state index in [1.165, 1.54) is 5.56 Å². The number of ether oxygens (including phenoxy) is 2. The van der Waals surface area contributed by atoms with Crippen LogP contribution in [-0.2, 0) is 10.8 Å². The molecular weight excluding hydrogens is 1510 g/mol. The third-order valence-electron chi connectivity index (χ3n) is 36.3. The molecule has 4 aliphatic carbocycles. The van der Waals surface area contributed by atoms with E-state index in [4.69, 9.17) is 19.4 Å². The Kier molecular flexibility index (Phi) is 7.32. The van der Waals surface area contributed by atoms with Gasteiger partial charge >= 0.3 is 0 Å². The summed E-state index contributed by atoms with van der Waals surface area (Å²) in [4.78, 5) is 21.9. The molecule has 33 aromatic carbocycles. The normalized spacial score (nSPS) is 18.8. The van der Waals surface area contributed by atoms with E-state index in [9.17, 15) is 0 Å². The van der Waals surface area contributed by atoms with Crippen LogP contribution in [0, 0.1) is 0 Å². The fourth-order valence-corrected chi connectivity index (χ4v) is 33.8. The van der Waals surface area contributed by atoms with E-state index in [0.29, 0.717) is 13.2 Å². The Balaban J connectivity index is 0.458. The molecule has 7 nitrogen and oxygen atoms in total. The number of nitrogens with one attached hydrogen (secondary N) is 2. The highest BCUT2D eigenvalue weighted by molar-refractivity contribution is 6.82. The summed E-state index contributed by atoms with van der Waals surface area (Å²) in [5, 5.41) is 88.8. The Labute approximate surface area is 693 Å². The van der Waals surface area contributed by atoms with Crippen molar-refractivity contribution in [1.82, 2.24) is 24.8 Å². The number of benzene rings is 23. The number of likely N-dealkylation sites (N-methyl/N-ethyl adjacent to an activating group) is 1. The molecule has 2 spiro atoms. The maximum atomic E-state index is 6.93. The van der Waals surface area contributed by atoms with Crippen LogP contribution >= 0.6 is 0 Å². The zero-order valence-corrected chi connectivity index (χ0v) is 65.7. The topological polar surface area (TPSA) is 79.1 Å². The van der Waals surface area contributed by atoms with E-state index in [1.54, 1.807) is 313 Å². The van der Waals surface area contributed by atoms with Crippen LogP contribution in [0.5, 0.6) is 11.5 Å². The second-order valence-electron chi connectivity index (χ2n) is 39.9. The van der Waals surface area contributed by atoms with Gasteiger partial charge in [0.1, 0.15) is 11.5 Å². The third-order valence-corrected chi connectivity index (χ3v) is 36.3. The maximum absolute atomic E-state index is 6.93. The number of likely N-dealkylation sites (tertiary alicyclic amines) is 1. The van der Waals surface area contributed by atoms with Crippen molar-refractivity contribution in [3.8, 4) is 56.0 Å². The third kappa shape index (κ3) is 4.52. The molecule has 3 aromatic heterocycles. The quantitative estimate of drug-likeness (QED) is 0.0941. The molecule has 124 heavy (non-hydrogen) atoms. The van der Waals surface area contributed by atoms with Gasteiger partial charge in [-0.1, -0.05) is 115 Å². The summed E-state index contributed by atoms with van der Waals surface area (Å²) in [5.41, 5.74) is 23.3. The lowest BCUT2D eigenvalue weighted by Crippen LogP contribution is -2.51. The van der Waals surface area contributed by atoms with Crippen molar-refractivity contribution in [2.75, 3.05) is 26.8 Å². The first-order valence-corrected chi connectivity index (χ1v) is 44.9. The van der Waals surface area contributed by atoms with Crippen molar-refractivity contribution in [3.63, 3.8) is 0 Å². The summed E-state index contributed by atoms with van der Waals surface area (Å²) < 4.78 is 13.6. The molecule has 0 amide bonds. The molecule has 36 aromatic rings. The van der Waals surface area contributed by atoms with Crippen molar-refractivity contribution in [3.05, 3.63) is 214 Å². The summed E-state index contributed by atoms with van der Waals surface area (Å²) in [6.45, 7) is 2.15. The fraction of sp³-hybridized carbons (Fsp3) is 0.0769. The van der Waals surface area contributed by atoms with Gasteiger partial charge in [-0.05, 0) is 434 Å². The first-order chi connectivity index (χ1) is 61.6. The van der Waals surface area contributed by atoms with E-state index in [0.717, 1.165) is 120 Å². The predicted molar refractivity (Wildman–Crippen MR) is 517 cm³/mol. The summed E-state index contributed by atoms with van der Waals surface area (Å²) in [5.74, 6) is 1.77. The van der Waals surface area contributed by atoms with E-state index < -0.39 is 5.41 Å². The smallest absolute Gasteiger partial charge is 0.119 e. The fourth-order valence-electron chi connectivity index (χ4n) is 33.8. The van der Waals surface area contributed by atoms with Crippen molar-refractivity contribution < 1.29 is 9.47 Å². The van der Waals surface area contributed by atoms with E-state index in [-0.39, 0.29) is 11.5 Å². The largest absolute Gasteiger partial charge is 0.494 e. The van der Waals surface area contributed by atoms with Gasteiger partial charge in [0.25, 0.3) is 0 Å². The number of hydrogen-bond donors (Lipinski definition) is 2. The van der Waals surface area contributed by atoms with Gasteiger partial charge in [0, 0.05) is 56.9 Å². The molecule has 2 N–H and O–H groups in total. The van der Waals surface area contributed by atoms with Gasteiger partial charge < -0.3 is 19.4 Å². The van der Waals surface area contributed by atoms with Crippen LogP contribution in [0.2, 0.25) is 0 Å². The highest BCUT2D eigenvalue weighted by Gasteiger charge is 2.76. The number of aromatic amines is 2. The average molecular weight is 1550 g/mol. The van der Waals surface area contributed by atoms with E-state index in [2.05, 4.69) is 210 Å². The lowest BCUT2D eigenvalue weighted by Gasteiger charge is -2.52. The zero-order valence-electron chi connectivity index (χ0n) is 65.7. The highest BCUT2D eigenvalue weighted by atomic mass is 16.5. The van der Waals surface area contributed by atoms with Gasteiger partial charge in [0.05, 0.1) is 46.8 Å². The predicted octanol–water partition coefficient (Wildman–Crippen LogP) is 29.9. The van der Waals surface area contributed by atoms with Crippen molar-refractivity contribution in [2.45, 2.75) is 29.7 Å². The van der Waals surface area contributed by atoms with Crippen LogP contribution < -0.4 is 9.47 Å². The summed E-state index contributed by atoms with van der Waals surface area (Å²) in [7, 11) is 2.57. The lowest BCUT2D eigenvalue weighted by atomic mass is 9.47.